The van der Waals surface area contributed by atoms with Gasteiger partial charge in [0.25, 0.3) is 0 Å². The fourth-order valence-electron chi connectivity index (χ4n) is 4.10. The molecule has 0 aliphatic heterocycles. The maximum atomic E-state index is 12.5. The Morgan fingerprint density at radius 1 is 1.21 bits per heavy atom. The normalized spacial score (nSPS) is 31.2. The van der Waals surface area contributed by atoms with Crippen molar-refractivity contribution in [2.45, 2.75) is 50.7 Å². The van der Waals surface area contributed by atoms with Gasteiger partial charge in [-0.1, -0.05) is 18.5 Å². The van der Waals surface area contributed by atoms with E-state index < -0.39 is 0 Å². The summed E-state index contributed by atoms with van der Waals surface area (Å²) in [6, 6.07) is 7.11. The number of hydrogen-bond acceptors (Lipinski definition) is 3. The summed E-state index contributed by atoms with van der Waals surface area (Å²) in [4.78, 5) is 24.3. The minimum atomic E-state index is -0.302. The lowest BCUT2D eigenvalue weighted by Crippen LogP contribution is -2.77. The Balaban J connectivity index is 1.29. The fraction of sp³-hybridized carbons (Fsp3) is 0.556. The number of hydrogen-bond donors (Lipinski definition) is 2. The topological polar surface area (TPSA) is 67.4 Å². The zero-order valence-electron chi connectivity index (χ0n) is 13.6. The number of carbonyl (C=O) groups excluding carboxylic acids is 2. The van der Waals surface area contributed by atoms with Gasteiger partial charge in [-0.3, -0.25) is 4.79 Å². The van der Waals surface area contributed by atoms with Crippen molar-refractivity contribution in [3.8, 4) is 0 Å². The van der Waals surface area contributed by atoms with Crippen molar-refractivity contribution in [2.24, 2.45) is 11.3 Å². The van der Waals surface area contributed by atoms with Crippen LogP contribution in [0.5, 0.6) is 0 Å². The van der Waals surface area contributed by atoms with Crippen LogP contribution >= 0.6 is 11.6 Å². The van der Waals surface area contributed by atoms with Gasteiger partial charge in [-0.2, -0.15) is 0 Å². The zero-order chi connectivity index (χ0) is 16.9. The highest BCUT2D eigenvalue weighted by Crippen LogP contribution is 2.70. The van der Waals surface area contributed by atoms with E-state index in [9.17, 15) is 9.59 Å². The van der Waals surface area contributed by atoms with Gasteiger partial charge in [-0.25, -0.2) is 4.79 Å². The Morgan fingerprint density at radius 2 is 1.83 bits per heavy atom. The van der Waals surface area contributed by atoms with Gasteiger partial charge < -0.3 is 15.4 Å². The van der Waals surface area contributed by atoms with Crippen LogP contribution in [0.4, 0.5) is 10.5 Å². The molecule has 4 aliphatic rings. The van der Waals surface area contributed by atoms with Crippen molar-refractivity contribution in [1.82, 2.24) is 5.32 Å². The van der Waals surface area contributed by atoms with Crippen LogP contribution in [0.1, 0.15) is 39.0 Å². The molecule has 1 aromatic carbocycles. The first-order valence-electron chi connectivity index (χ1n) is 8.45. The molecule has 0 radical (unpaired) electrons. The Bertz CT molecular complexity index is 664. The van der Waals surface area contributed by atoms with Crippen molar-refractivity contribution in [3.05, 3.63) is 29.3 Å². The first-order valence-corrected chi connectivity index (χ1v) is 8.83. The monoisotopic (exact) mass is 348 g/mol. The van der Waals surface area contributed by atoms with Gasteiger partial charge in [0.15, 0.2) is 0 Å². The smallest absolute Gasteiger partial charge is 0.407 e. The van der Waals surface area contributed by atoms with Crippen LogP contribution in [-0.2, 0) is 9.53 Å². The first kappa shape index (κ1) is 15.8. The molecule has 4 saturated carbocycles. The summed E-state index contributed by atoms with van der Waals surface area (Å²) in [6.07, 6.45) is 4.34. The van der Waals surface area contributed by atoms with Crippen LogP contribution in [0.25, 0.3) is 0 Å². The number of alkyl carbamates (subject to hydrolysis) is 1. The summed E-state index contributed by atoms with van der Waals surface area (Å²) in [7, 11) is 0. The molecule has 0 spiro atoms. The number of nitrogens with one attached hydrogen (secondary N) is 2. The van der Waals surface area contributed by atoms with Crippen molar-refractivity contribution >= 4 is 29.3 Å². The van der Waals surface area contributed by atoms with Crippen LogP contribution in [0, 0.1) is 11.3 Å². The molecular formula is C18H21ClN2O3. The maximum absolute atomic E-state index is 12.5. The zero-order valence-corrected chi connectivity index (χ0v) is 14.4. The summed E-state index contributed by atoms with van der Waals surface area (Å²) < 4.78 is 5.25. The molecule has 2 amide bonds. The van der Waals surface area contributed by atoms with Gasteiger partial charge in [0.2, 0.25) is 5.91 Å². The van der Waals surface area contributed by atoms with Crippen molar-refractivity contribution in [2.75, 3.05) is 5.32 Å². The highest BCUT2D eigenvalue weighted by atomic mass is 35.5. The highest BCUT2D eigenvalue weighted by Gasteiger charge is 2.71. The number of benzene rings is 1. The maximum Gasteiger partial charge on any atom is 0.407 e. The average Bonchev–Trinajstić information content (AvgIpc) is 3.27. The molecule has 128 valence electrons. The molecule has 6 heteroatoms. The van der Waals surface area contributed by atoms with E-state index in [2.05, 4.69) is 10.6 Å². The summed E-state index contributed by atoms with van der Waals surface area (Å²) in [6.45, 7) is 1.97. The van der Waals surface area contributed by atoms with E-state index in [4.69, 9.17) is 16.3 Å². The Hall–Kier alpha value is -1.75. The summed E-state index contributed by atoms with van der Waals surface area (Å²) in [5, 5.41) is 6.59. The van der Waals surface area contributed by atoms with E-state index in [1.807, 2.05) is 6.92 Å². The quantitative estimate of drug-likeness (QED) is 0.852. The van der Waals surface area contributed by atoms with Gasteiger partial charge in [-0.05, 0) is 61.8 Å². The molecule has 24 heavy (non-hydrogen) atoms. The summed E-state index contributed by atoms with van der Waals surface area (Å²) in [5.41, 5.74) is 0.633. The van der Waals surface area contributed by atoms with Gasteiger partial charge in [0, 0.05) is 22.2 Å². The molecule has 2 bridgehead atoms. The molecule has 0 aromatic heterocycles. The van der Waals surface area contributed by atoms with E-state index >= 15 is 0 Å². The van der Waals surface area contributed by atoms with Crippen LogP contribution in [0.2, 0.25) is 5.02 Å². The van der Waals surface area contributed by atoms with Crippen LogP contribution in [0.3, 0.4) is 0 Å². The summed E-state index contributed by atoms with van der Waals surface area (Å²) in [5.74, 6) is -0.0671. The first-order chi connectivity index (χ1) is 11.4. The van der Waals surface area contributed by atoms with Crippen molar-refractivity contribution in [3.63, 3.8) is 0 Å². The second kappa shape index (κ2) is 5.38. The SMILES string of the molecule is CC(C(=O)Nc1ccc(Cl)cc1)C12CC(NC(=O)OC3CC3)(C1)C2. The van der Waals surface area contributed by atoms with E-state index in [-0.39, 0.29) is 35.0 Å². The lowest BCUT2D eigenvalue weighted by molar-refractivity contribution is -0.185. The lowest BCUT2D eigenvalue weighted by Gasteiger charge is -2.72. The van der Waals surface area contributed by atoms with Crippen LogP contribution in [-0.4, -0.2) is 23.6 Å². The van der Waals surface area contributed by atoms with Gasteiger partial charge in [-0.15, -0.1) is 0 Å². The summed E-state index contributed by atoms with van der Waals surface area (Å²) >= 11 is 5.86. The Labute approximate surface area is 146 Å². The van der Waals surface area contributed by atoms with Gasteiger partial charge >= 0.3 is 6.09 Å². The van der Waals surface area contributed by atoms with Crippen LogP contribution in [0.15, 0.2) is 24.3 Å². The third kappa shape index (κ3) is 2.75. The predicted molar refractivity (Wildman–Crippen MR) is 90.9 cm³/mol. The molecular weight excluding hydrogens is 328 g/mol. The molecule has 5 nitrogen and oxygen atoms in total. The van der Waals surface area contributed by atoms with E-state index in [1.165, 1.54) is 0 Å². The van der Waals surface area contributed by atoms with Crippen LogP contribution < -0.4 is 10.6 Å². The number of rotatable bonds is 5. The third-order valence-corrected chi connectivity index (χ3v) is 5.91. The molecule has 4 aliphatic carbocycles. The molecule has 2 N–H and O–H groups in total. The largest absolute Gasteiger partial charge is 0.446 e. The minimum absolute atomic E-state index is 0.0172. The standard InChI is InChI=1S/C18H21ClN2O3/c1-11(15(22)20-13-4-2-12(19)3-5-13)17-8-18(9-17,10-17)21-16(23)24-14-6-7-14/h2-5,11,14H,6-10H2,1H3,(H,20,22)(H,21,23). The number of halogens is 1. The Kier molecular flexibility index (Phi) is 3.53. The van der Waals surface area contributed by atoms with E-state index in [0.29, 0.717) is 5.02 Å². The molecule has 0 heterocycles. The molecule has 1 atom stereocenters. The van der Waals surface area contributed by atoms with E-state index in [0.717, 1.165) is 37.8 Å². The predicted octanol–water partition coefficient (Wildman–Crippen LogP) is 3.73. The minimum Gasteiger partial charge on any atom is -0.446 e. The number of amides is 2. The Morgan fingerprint density at radius 3 is 2.42 bits per heavy atom. The second-order valence-electron chi connectivity index (χ2n) is 7.62. The average molecular weight is 349 g/mol. The number of ether oxygens (including phenoxy) is 1. The third-order valence-electron chi connectivity index (χ3n) is 5.66. The molecule has 1 aromatic rings. The van der Waals surface area contributed by atoms with Gasteiger partial charge in [0.05, 0.1) is 0 Å². The second-order valence-corrected chi connectivity index (χ2v) is 8.06. The fourth-order valence-corrected chi connectivity index (χ4v) is 4.23. The van der Waals surface area contributed by atoms with Crippen molar-refractivity contribution < 1.29 is 14.3 Å². The lowest BCUT2D eigenvalue weighted by atomic mass is 9.36. The molecule has 0 saturated heterocycles. The molecule has 4 fully saturated rings. The molecule has 1 unspecified atom stereocenters. The van der Waals surface area contributed by atoms with Crippen molar-refractivity contribution in [1.29, 1.82) is 0 Å². The highest BCUT2D eigenvalue weighted by molar-refractivity contribution is 6.30. The number of carbonyl (C=O) groups is 2. The van der Waals surface area contributed by atoms with Gasteiger partial charge in [0.1, 0.15) is 6.10 Å². The molecule has 5 rings (SSSR count). The van der Waals surface area contributed by atoms with E-state index in [1.54, 1.807) is 24.3 Å². The number of anilines is 1.